The molecule has 5 aromatic rings. The van der Waals surface area contributed by atoms with Crippen LogP contribution in [-0.4, -0.2) is 14.0 Å². The molecular formula is C44H49Cl2Si2Zr. The van der Waals surface area contributed by atoms with E-state index in [0.29, 0.717) is 5.92 Å². The Morgan fingerprint density at radius 2 is 1.33 bits per heavy atom. The molecule has 2 aliphatic carbocycles. The molecule has 0 saturated heterocycles. The molecule has 0 nitrogen and oxygen atoms in total. The molecule has 5 heteroatoms. The zero-order chi connectivity index (χ0) is 35.1. The maximum absolute atomic E-state index is 8.73. The van der Waals surface area contributed by atoms with Crippen LogP contribution in [0.25, 0.3) is 45.2 Å². The average Bonchev–Trinajstić information content (AvgIpc) is 3.65. The third-order valence-corrected chi connectivity index (χ3v) is 65.7. The Hall–Kier alpha value is -2.26. The zero-order valence-electron chi connectivity index (χ0n) is 30.5. The normalized spacial score (nSPS) is 18.3. The molecule has 0 amide bonds. The number of allylic oxidation sites excluding steroid dienone is 2. The van der Waals surface area contributed by atoms with Crippen LogP contribution >= 0.6 is 17.0 Å². The number of benzene rings is 5. The summed E-state index contributed by atoms with van der Waals surface area (Å²) in [6, 6.07) is 36.4. The van der Waals surface area contributed by atoms with E-state index >= 15 is 0 Å². The number of hydrogen-bond donors (Lipinski definition) is 0. The van der Waals surface area contributed by atoms with E-state index in [9.17, 15) is 0 Å². The molecule has 0 N–H and O–H groups in total. The molecule has 0 heterocycles. The third-order valence-electron chi connectivity index (χ3n) is 11.7. The van der Waals surface area contributed by atoms with Crippen LogP contribution in [0.15, 0.2) is 108 Å². The van der Waals surface area contributed by atoms with Gasteiger partial charge in [0.1, 0.15) is 0 Å². The van der Waals surface area contributed by atoms with Gasteiger partial charge in [-0.15, -0.1) is 0 Å². The van der Waals surface area contributed by atoms with Crippen LogP contribution in [0.2, 0.25) is 32.7 Å². The summed E-state index contributed by atoms with van der Waals surface area (Å²) >= 11 is -4.88. The SMILES string of the molecule is CC1=Cc2c(-c3ccc([Si](C)(C)C)cc3)ccc(C)c2[CH]1[Zr]([Cl])([Cl])([CH]1C(C(C)C)=Cc2c(-c3cccc4ccccc34)cccc21)[SiH](C)C. The van der Waals surface area contributed by atoms with Crippen molar-refractivity contribution in [3.63, 3.8) is 0 Å². The van der Waals surface area contributed by atoms with Crippen LogP contribution in [0.1, 0.15) is 55.8 Å². The van der Waals surface area contributed by atoms with Gasteiger partial charge in [0.15, 0.2) is 0 Å². The first-order chi connectivity index (χ1) is 23.1. The minimum absolute atomic E-state index is 0.0692. The van der Waals surface area contributed by atoms with Gasteiger partial charge >= 0.3 is 307 Å². The molecule has 2 atom stereocenters. The standard InChI is InChI=1S/C22H19.C20H23Si.C2H7Si.2ClH.Zr/c1-15(2)18-13-17-9-6-12-21(22(17)14-18)20-11-5-8-16-7-3-4-10-19(16)20;1-14-12-19-15(2)6-11-18(20(19)13-14)16-7-9-17(10-8-16)21(3,4)5;1-3-2;;;/h3-15H,1-2H3;6-13H,1-5H3;3H,1-2H3;2*1H;/q;;;;;+2/p-2. The Balaban J connectivity index is 1.44. The second-order valence-electron chi connectivity index (χ2n) is 16.4. The fourth-order valence-corrected chi connectivity index (χ4v) is 42.4. The molecule has 0 aliphatic heterocycles. The Kier molecular flexibility index (Phi) is 8.93. The molecule has 0 radical (unpaired) electrons. The van der Waals surface area contributed by atoms with Crippen LogP contribution in [0.4, 0.5) is 0 Å². The molecule has 0 fully saturated rings. The first-order valence-electron chi connectivity index (χ1n) is 17.9. The Bertz CT molecular complexity index is 2180. The quantitative estimate of drug-likeness (QED) is 0.144. The molecule has 5 aromatic carbocycles. The van der Waals surface area contributed by atoms with E-state index in [1.165, 1.54) is 77.2 Å². The van der Waals surface area contributed by atoms with Gasteiger partial charge in [0.25, 0.3) is 0 Å². The van der Waals surface area contributed by atoms with Gasteiger partial charge < -0.3 is 0 Å². The van der Waals surface area contributed by atoms with E-state index < -0.39 is 29.6 Å². The third kappa shape index (κ3) is 5.53. The van der Waals surface area contributed by atoms with E-state index in [0.717, 1.165) is 0 Å². The van der Waals surface area contributed by atoms with E-state index in [1.54, 1.807) is 0 Å². The van der Waals surface area contributed by atoms with E-state index in [1.807, 2.05) is 0 Å². The fourth-order valence-electron chi connectivity index (χ4n) is 9.00. The average molecular weight is 796 g/mol. The molecule has 7 rings (SSSR count). The topological polar surface area (TPSA) is 0 Å². The second-order valence-corrected chi connectivity index (χ2v) is 63.9. The summed E-state index contributed by atoms with van der Waals surface area (Å²) in [6.45, 7) is 21.4. The number of hydrogen-bond acceptors (Lipinski definition) is 0. The van der Waals surface area contributed by atoms with Gasteiger partial charge in [0.2, 0.25) is 0 Å². The van der Waals surface area contributed by atoms with Crippen LogP contribution in [0.3, 0.4) is 0 Å². The number of halogens is 2. The second kappa shape index (κ2) is 12.5. The van der Waals surface area contributed by atoms with Crippen LogP contribution < -0.4 is 5.19 Å². The summed E-state index contributed by atoms with van der Waals surface area (Å²) in [5, 5.41) is 4.03. The van der Waals surface area contributed by atoms with Crippen molar-refractivity contribution in [2.75, 3.05) is 0 Å². The summed E-state index contributed by atoms with van der Waals surface area (Å²) in [4.78, 5) is 0. The summed E-state index contributed by atoms with van der Waals surface area (Å²) in [6.07, 6.45) is 4.94. The van der Waals surface area contributed by atoms with E-state index in [2.05, 4.69) is 170 Å². The summed E-state index contributed by atoms with van der Waals surface area (Å²) in [7, 11) is 16.1. The van der Waals surface area contributed by atoms with E-state index in [-0.39, 0.29) is 7.25 Å². The zero-order valence-corrected chi connectivity index (χ0v) is 36.6. The maximum atomic E-state index is 8.73. The molecule has 49 heavy (non-hydrogen) atoms. The molecule has 0 bridgehead atoms. The van der Waals surface area contributed by atoms with Gasteiger partial charge in [0, 0.05) is 0 Å². The van der Waals surface area contributed by atoms with Gasteiger partial charge in [-0.3, -0.25) is 0 Å². The van der Waals surface area contributed by atoms with Crippen molar-refractivity contribution in [3.8, 4) is 22.3 Å². The first-order valence-corrected chi connectivity index (χ1v) is 37.8. The van der Waals surface area contributed by atoms with Gasteiger partial charge in [-0.05, 0) is 0 Å². The predicted molar refractivity (Wildman–Crippen MR) is 222 cm³/mol. The monoisotopic (exact) mass is 793 g/mol. The van der Waals surface area contributed by atoms with Crippen molar-refractivity contribution >= 4 is 59.1 Å². The summed E-state index contributed by atoms with van der Waals surface area (Å²) in [5.41, 5.74) is 14.6. The van der Waals surface area contributed by atoms with Crippen molar-refractivity contribution < 1.29 is 15.6 Å². The Morgan fingerprint density at radius 3 is 2.00 bits per heavy atom. The number of rotatable bonds is 7. The number of fused-ring (bicyclic) bond motifs is 3. The fraction of sp³-hybridized carbons (Fsp3) is 0.273. The van der Waals surface area contributed by atoms with Crippen LogP contribution in [0.5, 0.6) is 0 Å². The molecule has 0 aromatic heterocycles. The van der Waals surface area contributed by atoms with Gasteiger partial charge in [-0.1, -0.05) is 0 Å². The van der Waals surface area contributed by atoms with Gasteiger partial charge in [0.05, 0.1) is 0 Å². The van der Waals surface area contributed by atoms with Crippen molar-refractivity contribution in [3.05, 3.63) is 136 Å². The molecule has 2 unspecified atom stereocenters. The molecule has 0 spiro atoms. The first kappa shape index (κ1) is 35.2. The molecule has 0 saturated carbocycles. The molecule has 2 aliphatic rings. The van der Waals surface area contributed by atoms with Crippen molar-refractivity contribution in [2.24, 2.45) is 5.92 Å². The number of aryl methyl sites for hydroxylation is 1. The molecular weight excluding hydrogens is 747 g/mol. The Labute approximate surface area is 304 Å². The minimum atomic E-state index is -4.88. The van der Waals surface area contributed by atoms with Crippen molar-refractivity contribution in [1.29, 1.82) is 0 Å². The molecule has 251 valence electrons. The van der Waals surface area contributed by atoms with E-state index in [4.69, 9.17) is 17.0 Å². The van der Waals surface area contributed by atoms with Crippen molar-refractivity contribution in [1.82, 2.24) is 0 Å². The summed E-state index contributed by atoms with van der Waals surface area (Å²) in [5.74, 6) is -1.33. The van der Waals surface area contributed by atoms with Crippen LogP contribution in [-0.2, 0) is 15.6 Å². The van der Waals surface area contributed by atoms with Crippen molar-refractivity contribution in [2.45, 2.75) is 67.7 Å². The van der Waals surface area contributed by atoms with Gasteiger partial charge in [-0.25, -0.2) is 0 Å². The van der Waals surface area contributed by atoms with Gasteiger partial charge in [-0.2, -0.15) is 0 Å². The predicted octanol–water partition coefficient (Wildman–Crippen LogP) is 13.3. The van der Waals surface area contributed by atoms with Crippen LogP contribution in [0, 0.1) is 12.8 Å². The summed E-state index contributed by atoms with van der Waals surface area (Å²) < 4.78 is 0.145. The Morgan fingerprint density at radius 1 is 0.673 bits per heavy atom.